The second-order valence-corrected chi connectivity index (χ2v) is 5.65. The molecule has 3 rings (SSSR count). The van der Waals surface area contributed by atoms with Crippen LogP contribution in [0.15, 0.2) is 65.8 Å². The molecule has 0 fully saturated rings. The molecule has 3 aromatic rings. The molecule has 3 aromatic carbocycles. The lowest BCUT2D eigenvalue weighted by atomic mass is 10.0. The Kier molecular flexibility index (Phi) is 5.12. The molecule has 0 aromatic heterocycles. The molecule has 0 radical (unpaired) electrons. The third-order valence-corrected chi connectivity index (χ3v) is 3.76. The van der Waals surface area contributed by atoms with Gasteiger partial charge in [0.25, 0.3) is 5.91 Å². The molecule has 0 aliphatic heterocycles. The van der Waals surface area contributed by atoms with Gasteiger partial charge in [-0.25, -0.2) is 14.2 Å². The third kappa shape index (κ3) is 4.27. The highest BCUT2D eigenvalue weighted by molar-refractivity contribution is 5.98. The number of hydrogen-bond acceptors (Lipinski definition) is 4. The first-order valence-corrected chi connectivity index (χ1v) is 7.85. The van der Waals surface area contributed by atoms with Crippen LogP contribution in [0.2, 0.25) is 0 Å². The van der Waals surface area contributed by atoms with Gasteiger partial charge in [0.15, 0.2) is 0 Å². The van der Waals surface area contributed by atoms with Crippen molar-refractivity contribution in [3.8, 4) is 22.6 Å². The first-order valence-electron chi connectivity index (χ1n) is 7.85. The van der Waals surface area contributed by atoms with Gasteiger partial charge in [-0.1, -0.05) is 6.07 Å². The normalized spacial score (nSPS) is 10.9. The summed E-state index contributed by atoms with van der Waals surface area (Å²) in [5.74, 6) is -2.40. The number of phenols is 2. The molecule has 3 N–H and O–H groups in total. The lowest BCUT2D eigenvalue weighted by Gasteiger charge is -2.08. The summed E-state index contributed by atoms with van der Waals surface area (Å²) in [6.07, 6.45) is 1.36. The summed E-state index contributed by atoms with van der Waals surface area (Å²) in [4.78, 5) is 12.3. The maximum Gasteiger partial charge on any atom is 0.275 e. The fourth-order valence-corrected chi connectivity index (χ4v) is 2.40. The first kappa shape index (κ1) is 18.1. The number of carbonyl (C=O) groups is 1. The van der Waals surface area contributed by atoms with Crippen LogP contribution in [0, 0.1) is 11.6 Å². The Morgan fingerprint density at radius 2 is 1.70 bits per heavy atom. The zero-order chi connectivity index (χ0) is 19.4. The van der Waals surface area contributed by atoms with Crippen LogP contribution in [0.5, 0.6) is 11.5 Å². The van der Waals surface area contributed by atoms with Gasteiger partial charge >= 0.3 is 0 Å². The zero-order valence-electron chi connectivity index (χ0n) is 13.9. The molecule has 0 heterocycles. The molecule has 0 saturated heterocycles. The SMILES string of the molecule is O=C(N/N=C/c1ccc(O)cc1)c1cc(-c2ccc(F)cc2F)ccc1O. The number of hydrazone groups is 1. The van der Waals surface area contributed by atoms with E-state index in [4.69, 9.17) is 0 Å². The van der Waals surface area contributed by atoms with Crippen molar-refractivity contribution in [1.82, 2.24) is 5.43 Å². The number of amides is 1. The summed E-state index contributed by atoms with van der Waals surface area (Å²) in [6, 6.07) is 13.2. The van der Waals surface area contributed by atoms with E-state index in [1.165, 1.54) is 42.6 Å². The van der Waals surface area contributed by atoms with E-state index in [2.05, 4.69) is 10.5 Å². The Hall–Kier alpha value is -3.74. The molecule has 5 nitrogen and oxygen atoms in total. The molecule has 0 saturated carbocycles. The largest absolute Gasteiger partial charge is 0.508 e. The van der Waals surface area contributed by atoms with Crippen molar-refractivity contribution in [2.24, 2.45) is 5.10 Å². The van der Waals surface area contributed by atoms with E-state index in [-0.39, 0.29) is 22.6 Å². The Morgan fingerprint density at radius 3 is 2.41 bits per heavy atom. The summed E-state index contributed by atoms with van der Waals surface area (Å²) < 4.78 is 27.0. The summed E-state index contributed by atoms with van der Waals surface area (Å²) in [5, 5.41) is 22.9. The standard InChI is InChI=1S/C20H14F2N2O3/c21-14-4-7-16(18(22)10-14)13-3-8-19(26)17(9-13)20(27)24-23-11-12-1-5-15(25)6-2-12/h1-11,25-26H,(H,24,27)/b23-11+. The maximum absolute atomic E-state index is 13.9. The van der Waals surface area contributed by atoms with E-state index >= 15 is 0 Å². The third-order valence-electron chi connectivity index (χ3n) is 3.76. The number of aromatic hydroxyl groups is 2. The van der Waals surface area contributed by atoms with Crippen LogP contribution >= 0.6 is 0 Å². The number of nitrogens with one attached hydrogen (secondary N) is 1. The van der Waals surface area contributed by atoms with Gasteiger partial charge in [-0.15, -0.1) is 0 Å². The number of phenolic OH excluding ortho intramolecular Hbond substituents is 2. The molecule has 0 atom stereocenters. The summed E-state index contributed by atoms with van der Waals surface area (Å²) >= 11 is 0. The van der Waals surface area contributed by atoms with Crippen molar-refractivity contribution in [3.05, 3.63) is 83.4 Å². The molecule has 136 valence electrons. The van der Waals surface area contributed by atoms with Crippen LogP contribution in [0.3, 0.4) is 0 Å². The predicted molar refractivity (Wildman–Crippen MR) is 96.6 cm³/mol. The minimum Gasteiger partial charge on any atom is -0.508 e. The Labute approximate surface area is 153 Å². The smallest absolute Gasteiger partial charge is 0.275 e. The minimum atomic E-state index is -0.780. The van der Waals surface area contributed by atoms with E-state index < -0.39 is 17.5 Å². The minimum absolute atomic E-state index is 0.0954. The van der Waals surface area contributed by atoms with Crippen molar-refractivity contribution >= 4 is 12.1 Å². The molecule has 0 aliphatic carbocycles. The van der Waals surface area contributed by atoms with Crippen LogP contribution in [-0.4, -0.2) is 22.3 Å². The summed E-state index contributed by atoms with van der Waals surface area (Å²) in [7, 11) is 0. The molecule has 0 bridgehead atoms. The molecular weight excluding hydrogens is 354 g/mol. The molecule has 27 heavy (non-hydrogen) atoms. The number of hydrogen-bond donors (Lipinski definition) is 3. The highest BCUT2D eigenvalue weighted by atomic mass is 19.1. The van der Waals surface area contributed by atoms with Gasteiger partial charge in [-0.05, 0) is 59.7 Å². The van der Waals surface area contributed by atoms with Crippen molar-refractivity contribution in [1.29, 1.82) is 0 Å². The topological polar surface area (TPSA) is 81.9 Å². The van der Waals surface area contributed by atoms with Gasteiger partial charge in [0.2, 0.25) is 0 Å². The second-order valence-electron chi connectivity index (χ2n) is 5.65. The quantitative estimate of drug-likeness (QED) is 0.484. The van der Waals surface area contributed by atoms with Crippen LogP contribution in [0.25, 0.3) is 11.1 Å². The van der Waals surface area contributed by atoms with Gasteiger partial charge in [-0.2, -0.15) is 5.10 Å². The average Bonchev–Trinajstić information content (AvgIpc) is 2.64. The van der Waals surface area contributed by atoms with E-state index in [1.807, 2.05) is 0 Å². The number of halogens is 2. The average molecular weight is 368 g/mol. The summed E-state index contributed by atoms with van der Waals surface area (Å²) in [6.45, 7) is 0. The van der Waals surface area contributed by atoms with Crippen LogP contribution in [0.4, 0.5) is 8.78 Å². The van der Waals surface area contributed by atoms with E-state index in [1.54, 1.807) is 12.1 Å². The van der Waals surface area contributed by atoms with Gasteiger partial charge in [0.1, 0.15) is 23.1 Å². The van der Waals surface area contributed by atoms with Gasteiger partial charge in [-0.3, -0.25) is 4.79 Å². The molecule has 1 amide bonds. The number of nitrogens with zero attached hydrogens (tertiary/aromatic N) is 1. The van der Waals surface area contributed by atoms with Crippen LogP contribution < -0.4 is 5.43 Å². The van der Waals surface area contributed by atoms with Crippen molar-refractivity contribution in [3.63, 3.8) is 0 Å². The highest BCUT2D eigenvalue weighted by Gasteiger charge is 2.14. The van der Waals surface area contributed by atoms with E-state index in [0.29, 0.717) is 11.1 Å². The predicted octanol–water partition coefficient (Wildman–Crippen LogP) is 3.81. The van der Waals surface area contributed by atoms with Crippen molar-refractivity contribution in [2.75, 3.05) is 0 Å². The van der Waals surface area contributed by atoms with E-state index in [0.717, 1.165) is 12.1 Å². The Morgan fingerprint density at radius 1 is 0.963 bits per heavy atom. The number of carbonyl (C=O) groups excluding carboxylic acids is 1. The zero-order valence-corrected chi connectivity index (χ0v) is 13.9. The summed E-state index contributed by atoms with van der Waals surface area (Å²) in [5.41, 5.74) is 3.19. The fraction of sp³-hybridized carbons (Fsp3) is 0. The molecule has 0 aliphatic rings. The monoisotopic (exact) mass is 368 g/mol. The van der Waals surface area contributed by atoms with Crippen molar-refractivity contribution in [2.45, 2.75) is 0 Å². The van der Waals surface area contributed by atoms with Crippen LogP contribution in [0.1, 0.15) is 15.9 Å². The lowest BCUT2D eigenvalue weighted by molar-refractivity contribution is 0.0952. The maximum atomic E-state index is 13.9. The second kappa shape index (κ2) is 7.65. The van der Waals surface area contributed by atoms with Gasteiger partial charge in [0, 0.05) is 11.6 Å². The van der Waals surface area contributed by atoms with E-state index in [9.17, 15) is 23.8 Å². The Balaban J connectivity index is 1.81. The highest BCUT2D eigenvalue weighted by Crippen LogP contribution is 2.28. The molecule has 7 heteroatoms. The van der Waals surface area contributed by atoms with Gasteiger partial charge < -0.3 is 10.2 Å². The fourth-order valence-electron chi connectivity index (χ4n) is 2.40. The molecule has 0 spiro atoms. The van der Waals surface area contributed by atoms with Gasteiger partial charge in [0.05, 0.1) is 11.8 Å². The molecule has 0 unspecified atom stereocenters. The van der Waals surface area contributed by atoms with Crippen molar-refractivity contribution < 1.29 is 23.8 Å². The lowest BCUT2D eigenvalue weighted by Crippen LogP contribution is -2.17. The first-order chi connectivity index (χ1) is 12.9. The molecular formula is C20H14F2N2O3. The Bertz CT molecular complexity index is 1020. The van der Waals surface area contributed by atoms with Crippen LogP contribution in [-0.2, 0) is 0 Å². The number of rotatable bonds is 4. The number of benzene rings is 3.